The lowest BCUT2D eigenvalue weighted by atomic mass is 9.48. The van der Waals surface area contributed by atoms with Crippen molar-refractivity contribution in [2.24, 2.45) is 17.3 Å². The number of hydrogen-bond acceptors (Lipinski definition) is 4. The molecule has 6 heteroatoms. The average Bonchev–Trinajstić information content (AvgIpc) is 2.90. The summed E-state index contributed by atoms with van der Waals surface area (Å²) in [6.07, 6.45) is 8.20. The second-order valence-corrected chi connectivity index (χ2v) is 11.5. The molecule has 1 amide bonds. The highest BCUT2D eigenvalue weighted by Gasteiger charge is 2.57. The lowest BCUT2D eigenvalue weighted by Gasteiger charge is -2.60. The molecule has 4 saturated carbocycles. The first-order chi connectivity index (χ1) is 11.6. The van der Waals surface area contributed by atoms with Gasteiger partial charge in [-0.05, 0) is 55.8 Å². The van der Waals surface area contributed by atoms with Crippen molar-refractivity contribution in [2.75, 3.05) is 0 Å². The molecule has 4 fully saturated rings. The standard InChI is InChI=1S/C19H28BrN3O2/c1-17(2,3)16-22-14(23-25-16)10-21-15(24)9-18-5-12-4-13(6-18)8-19(20,7-12)11-18/h12-13H,4-11H2,1-3H3,(H,21,24). The third kappa shape index (κ3) is 3.51. The molecule has 138 valence electrons. The van der Waals surface area contributed by atoms with Gasteiger partial charge in [-0.2, -0.15) is 4.98 Å². The lowest BCUT2D eigenvalue weighted by molar-refractivity contribution is -0.128. The van der Waals surface area contributed by atoms with Gasteiger partial charge in [0, 0.05) is 16.2 Å². The largest absolute Gasteiger partial charge is 0.349 e. The summed E-state index contributed by atoms with van der Waals surface area (Å²) in [6.45, 7) is 6.45. The molecule has 1 aromatic heterocycles. The molecule has 4 aliphatic carbocycles. The van der Waals surface area contributed by atoms with Crippen molar-refractivity contribution in [1.29, 1.82) is 0 Å². The minimum atomic E-state index is -0.168. The van der Waals surface area contributed by atoms with Gasteiger partial charge in [0.25, 0.3) is 0 Å². The molecule has 0 saturated heterocycles. The number of nitrogens with one attached hydrogen (secondary N) is 1. The summed E-state index contributed by atoms with van der Waals surface area (Å²) in [7, 11) is 0. The normalized spacial score (nSPS) is 36.6. The van der Waals surface area contributed by atoms with Gasteiger partial charge < -0.3 is 9.84 Å². The van der Waals surface area contributed by atoms with Crippen LogP contribution in [0, 0.1) is 17.3 Å². The Bertz CT molecular complexity index is 664. The zero-order valence-corrected chi connectivity index (χ0v) is 17.0. The van der Waals surface area contributed by atoms with Crippen LogP contribution in [0.15, 0.2) is 4.52 Å². The minimum Gasteiger partial charge on any atom is -0.349 e. The van der Waals surface area contributed by atoms with E-state index in [0.717, 1.165) is 18.3 Å². The maximum Gasteiger partial charge on any atom is 0.232 e. The number of carbonyl (C=O) groups excluding carboxylic acids is 1. The molecular formula is C19H28BrN3O2. The maximum absolute atomic E-state index is 12.6. The molecule has 5 nitrogen and oxygen atoms in total. The number of aromatic nitrogens is 2. The molecule has 4 aliphatic rings. The van der Waals surface area contributed by atoms with Crippen LogP contribution in [0.2, 0.25) is 0 Å². The van der Waals surface area contributed by atoms with Crippen LogP contribution in [0.3, 0.4) is 0 Å². The molecule has 4 bridgehead atoms. The molecule has 1 N–H and O–H groups in total. The summed E-state index contributed by atoms with van der Waals surface area (Å²) >= 11 is 4.02. The van der Waals surface area contributed by atoms with Gasteiger partial charge in [-0.25, -0.2) is 0 Å². The molecule has 2 unspecified atom stereocenters. The molecule has 25 heavy (non-hydrogen) atoms. The van der Waals surface area contributed by atoms with E-state index >= 15 is 0 Å². The van der Waals surface area contributed by atoms with Crippen LogP contribution in [0.1, 0.15) is 77.4 Å². The van der Waals surface area contributed by atoms with Crippen molar-refractivity contribution < 1.29 is 9.32 Å². The average molecular weight is 410 g/mol. The predicted molar refractivity (Wildman–Crippen MR) is 98.2 cm³/mol. The van der Waals surface area contributed by atoms with Gasteiger partial charge >= 0.3 is 0 Å². The Morgan fingerprint density at radius 1 is 1.28 bits per heavy atom. The van der Waals surface area contributed by atoms with Crippen LogP contribution in [0.4, 0.5) is 0 Å². The zero-order valence-electron chi connectivity index (χ0n) is 15.4. The van der Waals surface area contributed by atoms with Crippen molar-refractivity contribution in [3.63, 3.8) is 0 Å². The fraction of sp³-hybridized carbons (Fsp3) is 0.842. The van der Waals surface area contributed by atoms with Gasteiger partial charge in [0.05, 0.1) is 6.54 Å². The monoisotopic (exact) mass is 409 g/mol. The Hall–Kier alpha value is -0.910. The van der Waals surface area contributed by atoms with Crippen LogP contribution in [0.25, 0.3) is 0 Å². The van der Waals surface area contributed by atoms with Crippen molar-refractivity contribution in [2.45, 2.75) is 82.0 Å². The van der Waals surface area contributed by atoms with E-state index in [4.69, 9.17) is 4.52 Å². The predicted octanol–water partition coefficient (Wildman–Crippen LogP) is 4.11. The van der Waals surface area contributed by atoms with E-state index in [0.29, 0.717) is 29.0 Å². The van der Waals surface area contributed by atoms with Crippen LogP contribution in [-0.2, 0) is 16.8 Å². The smallest absolute Gasteiger partial charge is 0.232 e. The molecule has 0 aromatic carbocycles. The summed E-state index contributed by atoms with van der Waals surface area (Å²) in [6, 6.07) is 0. The highest BCUT2D eigenvalue weighted by atomic mass is 79.9. The first kappa shape index (κ1) is 17.5. The van der Waals surface area contributed by atoms with Crippen LogP contribution in [-0.4, -0.2) is 20.4 Å². The summed E-state index contributed by atoms with van der Waals surface area (Å²) < 4.78 is 5.59. The molecule has 2 atom stereocenters. The van der Waals surface area contributed by atoms with E-state index in [1.807, 2.05) is 20.8 Å². The quantitative estimate of drug-likeness (QED) is 0.759. The third-order valence-electron chi connectivity index (χ3n) is 6.20. The van der Waals surface area contributed by atoms with E-state index in [9.17, 15) is 4.79 Å². The van der Waals surface area contributed by atoms with Gasteiger partial charge in [0.1, 0.15) is 0 Å². The van der Waals surface area contributed by atoms with Crippen molar-refractivity contribution in [3.8, 4) is 0 Å². The van der Waals surface area contributed by atoms with E-state index in [-0.39, 0.29) is 16.7 Å². The summed E-state index contributed by atoms with van der Waals surface area (Å²) in [4.78, 5) is 17.0. The molecular weight excluding hydrogens is 382 g/mol. The second kappa shape index (κ2) is 5.80. The molecule has 1 aromatic rings. The van der Waals surface area contributed by atoms with E-state index in [2.05, 4.69) is 31.4 Å². The van der Waals surface area contributed by atoms with Crippen molar-refractivity contribution >= 4 is 21.8 Å². The lowest BCUT2D eigenvalue weighted by Crippen LogP contribution is -2.54. The van der Waals surface area contributed by atoms with Crippen LogP contribution >= 0.6 is 15.9 Å². The van der Waals surface area contributed by atoms with Gasteiger partial charge in [-0.1, -0.05) is 41.9 Å². The number of nitrogens with zero attached hydrogens (tertiary/aromatic N) is 2. The number of halogens is 1. The SMILES string of the molecule is CC(C)(C)c1nc(CNC(=O)CC23CC4CC(CC(Br)(C4)C2)C3)no1. The number of carbonyl (C=O) groups is 1. The van der Waals surface area contributed by atoms with Crippen molar-refractivity contribution in [1.82, 2.24) is 15.5 Å². The number of hydrogen-bond donors (Lipinski definition) is 1. The Labute approximate surface area is 157 Å². The summed E-state index contributed by atoms with van der Waals surface area (Å²) in [5.74, 6) is 2.90. The summed E-state index contributed by atoms with van der Waals surface area (Å²) in [5, 5.41) is 7.00. The fourth-order valence-electron chi connectivity index (χ4n) is 5.75. The molecule has 5 rings (SSSR count). The first-order valence-corrected chi connectivity index (χ1v) is 10.2. The number of alkyl halides is 1. The fourth-order valence-corrected chi connectivity index (χ4v) is 7.26. The number of amides is 1. The molecule has 0 radical (unpaired) electrons. The van der Waals surface area contributed by atoms with Crippen LogP contribution < -0.4 is 5.32 Å². The Morgan fingerprint density at radius 2 is 1.96 bits per heavy atom. The minimum absolute atomic E-state index is 0.125. The zero-order chi connectivity index (χ0) is 17.9. The highest BCUT2D eigenvalue weighted by Crippen LogP contribution is 2.65. The summed E-state index contributed by atoms with van der Waals surface area (Å²) in [5.41, 5.74) is 0.0319. The Balaban J connectivity index is 1.36. The number of rotatable bonds is 4. The Morgan fingerprint density at radius 3 is 2.52 bits per heavy atom. The maximum atomic E-state index is 12.6. The molecule has 1 heterocycles. The van der Waals surface area contributed by atoms with Crippen molar-refractivity contribution in [3.05, 3.63) is 11.7 Å². The molecule has 0 aliphatic heterocycles. The third-order valence-corrected chi connectivity index (χ3v) is 7.13. The van der Waals surface area contributed by atoms with E-state index in [1.165, 1.54) is 32.1 Å². The Kier molecular flexibility index (Phi) is 4.06. The highest BCUT2D eigenvalue weighted by molar-refractivity contribution is 9.10. The topological polar surface area (TPSA) is 68.0 Å². The van der Waals surface area contributed by atoms with E-state index < -0.39 is 0 Å². The van der Waals surface area contributed by atoms with Gasteiger partial charge in [0.15, 0.2) is 5.82 Å². The first-order valence-electron chi connectivity index (χ1n) is 9.44. The van der Waals surface area contributed by atoms with Gasteiger partial charge in [-0.3, -0.25) is 4.79 Å². The van der Waals surface area contributed by atoms with Gasteiger partial charge in [-0.15, -0.1) is 0 Å². The second-order valence-electron chi connectivity index (χ2n) is 9.83. The van der Waals surface area contributed by atoms with E-state index in [1.54, 1.807) is 0 Å². The molecule has 0 spiro atoms. The van der Waals surface area contributed by atoms with Gasteiger partial charge in [0.2, 0.25) is 11.8 Å². The van der Waals surface area contributed by atoms with Crippen LogP contribution in [0.5, 0.6) is 0 Å².